The molecule has 30 heavy (non-hydrogen) atoms. The third-order valence-corrected chi connectivity index (χ3v) is 6.83. The highest BCUT2D eigenvalue weighted by Crippen LogP contribution is 2.51. The van der Waals surface area contributed by atoms with Crippen LogP contribution in [0.1, 0.15) is 25.8 Å². The van der Waals surface area contributed by atoms with E-state index in [2.05, 4.69) is 36.3 Å². The van der Waals surface area contributed by atoms with E-state index >= 15 is 0 Å². The Morgan fingerprint density at radius 2 is 2.20 bits per heavy atom. The van der Waals surface area contributed by atoms with Crippen molar-refractivity contribution >= 4 is 22.7 Å². The molecule has 158 valence electrons. The molecule has 2 amide bonds. The van der Waals surface area contributed by atoms with E-state index in [-0.39, 0.29) is 17.9 Å². The number of para-hydroxylation sites is 1. The topological polar surface area (TPSA) is 74.4 Å². The maximum atomic E-state index is 13.3. The number of aromatic nitrogens is 1. The molecule has 2 N–H and O–H groups in total. The highest BCUT2D eigenvalue weighted by atomic mass is 16.5. The Morgan fingerprint density at radius 3 is 3.03 bits per heavy atom. The molecule has 1 aromatic heterocycles. The quantitative estimate of drug-likeness (QED) is 0.693. The molecule has 0 unspecified atom stereocenters. The van der Waals surface area contributed by atoms with Crippen LogP contribution in [-0.4, -0.2) is 53.0 Å². The van der Waals surface area contributed by atoms with Gasteiger partial charge in [0.1, 0.15) is 5.60 Å². The molecule has 6 heteroatoms. The van der Waals surface area contributed by atoms with Gasteiger partial charge in [0, 0.05) is 30.2 Å². The predicted molar refractivity (Wildman–Crippen MR) is 115 cm³/mol. The number of carbonyl (C=O) groups is 2. The zero-order valence-electron chi connectivity index (χ0n) is 17.6. The Bertz CT molecular complexity index is 1010. The first-order valence-corrected chi connectivity index (χ1v) is 11.0. The third kappa shape index (κ3) is 3.05. The number of nitrogens with zero attached hydrogens (tertiary/aromatic N) is 1. The van der Waals surface area contributed by atoms with E-state index in [1.165, 1.54) is 10.9 Å². The normalized spacial score (nSPS) is 29.4. The summed E-state index contributed by atoms with van der Waals surface area (Å²) in [6.07, 6.45) is 7.44. The van der Waals surface area contributed by atoms with Crippen LogP contribution in [0.4, 0.5) is 0 Å². The molecule has 3 aliphatic heterocycles. The number of hydrogen-bond acceptors (Lipinski definition) is 3. The van der Waals surface area contributed by atoms with Crippen molar-refractivity contribution in [1.82, 2.24) is 15.2 Å². The fourth-order valence-electron chi connectivity index (χ4n) is 5.26. The number of benzene rings is 1. The zero-order chi connectivity index (χ0) is 20.9. The third-order valence-electron chi connectivity index (χ3n) is 6.83. The summed E-state index contributed by atoms with van der Waals surface area (Å²) < 4.78 is 6.21. The van der Waals surface area contributed by atoms with E-state index < -0.39 is 17.4 Å². The van der Waals surface area contributed by atoms with Crippen molar-refractivity contribution in [2.45, 2.75) is 38.4 Å². The molecular weight excluding hydrogens is 378 g/mol. The van der Waals surface area contributed by atoms with E-state index in [4.69, 9.17) is 4.74 Å². The van der Waals surface area contributed by atoms with E-state index in [0.717, 1.165) is 18.4 Å². The standard InChI is InChI=1S/C24H29N3O3/c1-15(2)8-11-25-22(28)20-19-7-10-24(30-19)14-27(23(29)21(20)24)12-9-16-13-26-18-6-4-3-5-17(16)18/h3-7,10,13,15,19-21,26H,8-9,11-12,14H2,1-2H3,(H,25,28)/t19-,20-,21+,24-/m1/s1. The first-order chi connectivity index (χ1) is 14.5. The van der Waals surface area contributed by atoms with Gasteiger partial charge < -0.3 is 19.9 Å². The second-order valence-electron chi connectivity index (χ2n) is 9.24. The summed E-state index contributed by atoms with van der Waals surface area (Å²) in [5.74, 6) is -0.308. The van der Waals surface area contributed by atoms with Gasteiger partial charge in [-0.25, -0.2) is 0 Å². The molecule has 4 heterocycles. The van der Waals surface area contributed by atoms with E-state index in [9.17, 15) is 9.59 Å². The molecule has 0 saturated carbocycles. The molecule has 0 aliphatic carbocycles. The number of hydrogen-bond donors (Lipinski definition) is 2. The van der Waals surface area contributed by atoms with Crippen LogP contribution in [0.5, 0.6) is 0 Å². The number of likely N-dealkylation sites (tertiary alicyclic amines) is 1. The minimum atomic E-state index is -0.637. The lowest BCUT2D eigenvalue weighted by Crippen LogP contribution is -2.44. The van der Waals surface area contributed by atoms with Gasteiger partial charge in [-0.15, -0.1) is 0 Å². The minimum absolute atomic E-state index is 0.0469. The number of rotatable bonds is 7. The second-order valence-corrected chi connectivity index (χ2v) is 9.24. The molecule has 2 fully saturated rings. The van der Waals surface area contributed by atoms with Gasteiger partial charge in [0.15, 0.2) is 0 Å². The highest BCUT2D eigenvalue weighted by molar-refractivity contribution is 5.93. The van der Waals surface area contributed by atoms with Crippen LogP contribution in [0.2, 0.25) is 0 Å². The van der Waals surface area contributed by atoms with Crippen LogP contribution in [0.25, 0.3) is 10.9 Å². The number of carbonyl (C=O) groups excluding carboxylic acids is 2. The molecule has 1 spiro atoms. The largest absolute Gasteiger partial charge is 0.361 e. The Morgan fingerprint density at radius 1 is 1.37 bits per heavy atom. The number of aromatic amines is 1. The van der Waals surface area contributed by atoms with Crippen molar-refractivity contribution < 1.29 is 14.3 Å². The second kappa shape index (κ2) is 7.27. The van der Waals surface area contributed by atoms with Gasteiger partial charge in [-0.1, -0.05) is 44.2 Å². The van der Waals surface area contributed by atoms with Crippen molar-refractivity contribution in [3.63, 3.8) is 0 Å². The van der Waals surface area contributed by atoms with E-state index in [1.54, 1.807) is 0 Å². The van der Waals surface area contributed by atoms with Crippen molar-refractivity contribution in [2.24, 2.45) is 17.8 Å². The van der Waals surface area contributed by atoms with Crippen molar-refractivity contribution in [1.29, 1.82) is 0 Å². The smallest absolute Gasteiger partial charge is 0.230 e. The lowest BCUT2D eigenvalue weighted by molar-refractivity contribution is -0.137. The molecule has 3 aliphatic rings. The summed E-state index contributed by atoms with van der Waals surface area (Å²) in [6.45, 7) is 6.07. The number of fused-ring (bicyclic) bond motifs is 2. The SMILES string of the molecule is CC(C)CCNC(=O)[C@H]1[C@H]2C(=O)N(CCc3c[nH]c4ccccc34)C[C@]23C=C[C@H]1O3. The Kier molecular flexibility index (Phi) is 4.69. The fraction of sp³-hybridized carbons (Fsp3) is 0.500. The van der Waals surface area contributed by atoms with Crippen LogP contribution >= 0.6 is 0 Å². The minimum Gasteiger partial charge on any atom is -0.361 e. The van der Waals surface area contributed by atoms with Gasteiger partial charge in [0.2, 0.25) is 11.8 Å². The van der Waals surface area contributed by atoms with Crippen molar-refractivity contribution in [2.75, 3.05) is 19.6 Å². The summed E-state index contributed by atoms with van der Waals surface area (Å²) in [7, 11) is 0. The van der Waals surface area contributed by atoms with Crippen molar-refractivity contribution in [3.8, 4) is 0 Å². The van der Waals surface area contributed by atoms with Crippen LogP contribution in [0, 0.1) is 17.8 Å². The molecule has 4 atom stereocenters. The lowest BCUT2D eigenvalue weighted by Gasteiger charge is -2.23. The first kappa shape index (κ1) is 19.4. The number of nitrogens with one attached hydrogen (secondary N) is 2. The number of H-pyrrole nitrogens is 1. The number of ether oxygens (including phenoxy) is 1. The fourth-order valence-corrected chi connectivity index (χ4v) is 5.26. The summed E-state index contributed by atoms with van der Waals surface area (Å²) in [6, 6.07) is 8.21. The zero-order valence-corrected chi connectivity index (χ0v) is 17.6. The van der Waals surface area contributed by atoms with Crippen molar-refractivity contribution in [3.05, 3.63) is 48.2 Å². The highest BCUT2D eigenvalue weighted by Gasteiger charge is 2.66. The summed E-state index contributed by atoms with van der Waals surface area (Å²) in [4.78, 5) is 31.4. The van der Waals surface area contributed by atoms with Gasteiger partial charge in [0.05, 0.1) is 24.5 Å². The van der Waals surface area contributed by atoms with Crippen LogP contribution in [0.15, 0.2) is 42.6 Å². The lowest BCUT2D eigenvalue weighted by atomic mass is 9.77. The molecule has 2 bridgehead atoms. The van der Waals surface area contributed by atoms with E-state index in [1.807, 2.05) is 35.4 Å². The van der Waals surface area contributed by atoms with Crippen LogP contribution in [0.3, 0.4) is 0 Å². The monoisotopic (exact) mass is 407 g/mol. The summed E-state index contributed by atoms with van der Waals surface area (Å²) in [5, 5.41) is 4.23. The molecule has 2 saturated heterocycles. The van der Waals surface area contributed by atoms with Crippen LogP contribution < -0.4 is 5.32 Å². The van der Waals surface area contributed by atoms with E-state index in [0.29, 0.717) is 25.6 Å². The summed E-state index contributed by atoms with van der Waals surface area (Å²) in [5.41, 5.74) is 1.68. The van der Waals surface area contributed by atoms with Gasteiger partial charge in [-0.3, -0.25) is 9.59 Å². The van der Waals surface area contributed by atoms with Gasteiger partial charge in [-0.2, -0.15) is 0 Å². The molecule has 5 rings (SSSR count). The average molecular weight is 408 g/mol. The molecule has 0 radical (unpaired) electrons. The van der Waals surface area contributed by atoms with Gasteiger partial charge in [0.25, 0.3) is 0 Å². The molecular formula is C24H29N3O3. The molecule has 2 aromatic rings. The van der Waals surface area contributed by atoms with Gasteiger partial charge in [-0.05, 0) is 30.4 Å². The Balaban J connectivity index is 1.29. The predicted octanol–water partition coefficient (Wildman–Crippen LogP) is 2.65. The maximum absolute atomic E-state index is 13.3. The van der Waals surface area contributed by atoms with Gasteiger partial charge >= 0.3 is 0 Å². The molecule has 6 nitrogen and oxygen atoms in total. The summed E-state index contributed by atoms with van der Waals surface area (Å²) >= 11 is 0. The molecule has 1 aromatic carbocycles. The maximum Gasteiger partial charge on any atom is 0.230 e. The number of amides is 2. The average Bonchev–Trinajstić information content (AvgIpc) is 3.46. The first-order valence-electron chi connectivity index (χ1n) is 11.0. The Hall–Kier alpha value is -2.60. The Labute approximate surface area is 176 Å². The van der Waals surface area contributed by atoms with Crippen LogP contribution in [-0.2, 0) is 20.7 Å².